The van der Waals surface area contributed by atoms with Gasteiger partial charge in [0.1, 0.15) is 0 Å². The summed E-state index contributed by atoms with van der Waals surface area (Å²) < 4.78 is 19.9. The van der Waals surface area contributed by atoms with Crippen LogP contribution in [0.15, 0.2) is 0 Å². The summed E-state index contributed by atoms with van der Waals surface area (Å²) in [6.45, 7) is 7.29. The molecule has 1 aliphatic rings. The molecular weight excluding hydrogens is 274 g/mol. The number of nitrogens with one attached hydrogen (secondary N) is 1. The van der Waals surface area contributed by atoms with Crippen molar-refractivity contribution in [3.05, 3.63) is 0 Å². The predicted molar refractivity (Wildman–Crippen MR) is 80.3 cm³/mol. The van der Waals surface area contributed by atoms with Crippen molar-refractivity contribution in [3.8, 4) is 0 Å². The van der Waals surface area contributed by atoms with Crippen LogP contribution in [0.25, 0.3) is 0 Å². The van der Waals surface area contributed by atoms with Crippen molar-refractivity contribution >= 4 is 45.4 Å². The van der Waals surface area contributed by atoms with Crippen LogP contribution < -0.4 is 5.32 Å². The summed E-state index contributed by atoms with van der Waals surface area (Å²) in [7, 11) is 5.45. The Kier molecular flexibility index (Phi) is 22.9. The predicted octanol–water partition coefficient (Wildman–Crippen LogP) is -1.55. The molecule has 1 aliphatic heterocycles. The topological polar surface area (TPSA) is 52.2 Å². The number of rotatable bonds is 8. The summed E-state index contributed by atoms with van der Waals surface area (Å²) in [6.07, 6.45) is 0. The van der Waals surface area contributed by atoms with E-state index in [-0.39, 0.29) is 29.6 Å². The molecular formula is C11H28AlN2NaO4. The van der Waals surface area contributed by atoms with E-state index in [4.69, 9.17) is 17.1 Å². The second-order valence-electron chi connectivity index (χ2n) is 3.97. The molecule has 0 aromatic carbocycles. The van der Waals surface area contributed by atoms with E-state index >= 15 is 0 Å². The summed E-state index contributed by atoms with van der Waals surface area (Å²) >= 11 is -0.789. The first-order chi connectivity index (χ1) is 8.81. The van der Waals surface area contributed by atoms with Crippen molar-refractivity contribution in [1.29, 1.82) is 0 Å². The van der Waals surface area contributed by atoms with E-state index in [9.17, 15) is 0 Å². The molecule has 1 N–H and O–H groups in total. The molecule has 6 nitrogen and oxygen atoms in total. The Hall–Kier alpha value is 1.29. The molecule has 0 aromatic rings. The van der Waals surface area contributed by atoms with Crippen molar-refractivity contribution in [2.45, 2.75) is 0 Å². The number of hydrogen-bond donors (Lipinski definition) is 1. The quantitative estimate of drug-likeness (QED) is 0.433. The van der Waals surface area contributed by atoms with Crippen molar-refractivity contribution in [2.75, 3.05) is 73.9 Å². The van der Waals surface area contributed by atoms with E-state index in [0.29, 0.717) is 26.4 Å². The molecule has 110 valence electrons. The van der Waals surface area contributed by atoms with Gasteiger partial charge in [0.05, 0.1) is 13.2 Å². The third kappa shape index (κ3) is 19.3. The number of likely N-dealkylation sites (N-methyl/N-ethyl adjacent to an activating group) is 1. The molecule has 0 aromatic heterocycles. The van der Waals surface area contributed by atoms with Gasteiger partial charge in [-0.1, -0.05) is 0 Å². The first kappa shape index (κ1) is 22.6. The number of methoxy groups -OCH3 is 2. The van der Waals surface area contributed by atoms with Crippen LogP contribution in [-0.2, 0) is 17.1 Å². The van der Waals surface area contributed by atoms with Crippen LogP contribution in [0.5, 0.6) is 0 Å². The molecule has 0 spiro atoms. The molecule has 8 heteroatoms. The van der Waals surface area contributed by atoms with Gasteiger partial charge in [-0.25, -0.2) is 0 Å². The van der Waals surface area contributed by atoms with Gasteiger partial charge in [-0.2, -0.15) is 0 Å². The minimum absolute atomic E-state index is 0. The Labute approximate surface area is 146 Å². The maximum atomic E-state index is 5.16. The summed E-state index contributed by atoms with van der Waals surface area (Å²) in [5.41, 5.74) is 0. The third-order valence-electron chi connectivity index (χ3n) is 2.37. The van der Waals surface area contributed by atoms with Crippen molar-refractivity contribution in [1.82, 2.24) is 10.2 Å². The Bertz CT molecular complexity index is 158. The van der Waals surface area contributed by atoms with Gasteiger partial charge in [0, 0.05) is 53.6 Å². The van der Waals surface area contributed by atoms with Crippen LogP contribution in [0.2, 0.25) is 0 Å². The van der Waals surface area contributed by atoms with Crippen LogP contribution in [0.4, 0.5) is 0 Å². The summed E-state index contributed by atoms with van der Waals surface area (Å²) in [5, 5.41) is 3.27. The average molecular weight is 302 g/mol. The van der Waals surface area contributed by atoms with Gasteiger partial charge in [0.15, 0.2) is 0 Å². The average Bonchev–Trinajstić information content (AvgIpc) is 2.39. The van der Waals surface area contributed by atoms with Crippen LogP contribution in [0.3, 0.4) is 0 Å². The molecule has 0 atom stereocenters. The normalized spacial score (nSPS) is 15.1. The second kappa shape index (κ2) is 19.3. The van der Waals surface area contributed by atoms with E-state index in [0.717, 1.165) is 13.1 Å². The van der Waals surface area contributed by atoms with E-state index in [1.165, 1.54) is 13.1 Å². The van der Waals surface area contributed by atoms with E-state index in [2.05, 4.69) is 17.3 Å². The molecule has 1 heterocycles. The molecule has 1 saturated heterocycles. The van der Waals surface area contributed by atoms with Gasteiger partial charge in [-0.05, 0) is 7.05 Å². The zero-order valence-electron chi connectivity index (χ0n) is 11.9. The Morgan fingerprint density at radius 3 is 1.74 bits per heavy atom. The number of nitrogens with zero attached hydrogens (tertiary/aromatic N) is 1. The number of ether oxygens (including phenoxy) is 2. The maximum absolute atomic E-state index is 5.16. The molecule has 0 unspecified atom stereocenters. The first-order valence-corrected chi connectivity index (χ1v) is 7.49. The Morgan fingerprint density at radius 2 is 1.42 bits per heavy atom. The Balaban J connectivity index is 0. The molecule has 0 radical (unpaired) electrons. The standard InChI is InChI=1S/C5H12N2.2C3H7O2.Al.Na.2H/c1-7-4-2-6-3-5-7;2*1-5-3-2-4;;;;/h6H,2-5H2,1H3;2*2-3H2,1H3;;;;/q;2*-1;+2;;;. The molecule has 0 bridgehead atoms. The monoisotopic (exact) mass is 302 g/mol. The Morgan fingerprint density at radius 1 is 0.947 bits per heavy atom. The molecule has 19 heavy (non-hydrogen) atoms. The summed E-state index contributed by atoms with van der Waals surface area (Å²) in [4.78, 5) is 2.33. The zero-order chi connectivity index (χ0) is 13.5. The van der Waals surface area contributed by atoms with Crippen molar-refractivity contribution in [2.24, 2.45) is 0 Å². The van der Waals surface area contributed by atoms with Crippen LogP contribution >= 0.6 is 0 Å². The second-order valence-corrected chi connectivity index (χ2v) is 5.03. The minimum atomic E-state index is -0.789. The van der Waals surface area contributed by atoms with Gasteiger partial charge in [-0.15, -0.1) is 0 Å². The van der Waals surface area contributed by atoms with E-state index in [1.54, 1.807) is 14.2 Å². The molecule has 0 amide bonds. The first-order valence-electron chi connectivity index (χ1n) is 6.34. The van der Waals surface area contributed by atoms with Gasteiger partial charge < -0.3 is 27.3 Å². The van der Waals surface area contributed by atoms with Gasteiger partial charge in [0.2, 0.25) is 0 Å². The van der Waals surface area contributed by atoms with E-state index in [1.807, 2.05) is 0 Å². The third-order valence-corrected chi connectivity index (χ3v) is 3.28. The SMILES string of the molecule is CN1CCNCC1.COCC[O][AlH][O]CCOC.[NaH]. The molecule has 1 rings (SSSR count). The van der Waals surface area contributed by atoms with Crippen molar-refractivity contribution < 1.29 is 17.1 Å². The zero-order valence-corrected chi connectivity index (χ0v) is 13.4. The molecule has 0 aliphatic carbocycles. The van der Waals surface area contributed by atoms with Gasteiger partial charge >= 0.3 is 45.4 Å². The van der Waals surface area contributed by atoms with Gasteiger partial charge in [-0.3, -0.25) is 0 Å². The molecule has 0 saturated carbocycles. The fraction of sp³-hybridized carbons (Fsp3) is 1.00. The fourth-order valence-electron chi connectivity index (χ4n) is 1.24. The van der Waals surface area contributed by atoms with E-state index < -0.39 is 15.9 Å². The number of hydrogen-bond acceptors (Lipinski definition) is 6. The fourth-order valence-corrected chi connectivity index (χ4v) is 1.83. The molecule has 1 fully saturated rings. The summed E-state index contributed by atoms with van der Waals surface area (Å²) in [6, 6.07) is 0. The van der Waals surface area contributed by atoms with Crippen LogP contribution in [-0.4, -0.2) is 124 Å². The summed E-state index contributed by atoms with van der Waals surface area (Å²) in [5.74, 6) is 0. The number of piperazine rings is 1. The van der Waals surface area contributed by atoms with Crippen LogP contribution in [0.1, 0.15) is 0 Å². The van der Waals surface area contributed by atoms with Gasteiger partial charge in [0.25, 0.3) is 0 Å². The van der Waals surface area contributed by atoms with Crippen LogP contribution in [0, 0.1) is 0 Å². The van der Waals surface area contributed by atoms with Crippen molar-refractivity contribution in [3.63, 3.8) is 0 Å².